The molecule has 0 bridgehead atoms. The minimum absolute atomic E-state index is 0.124. The summed E-state index contributed by atoms with van der Waals surface area (Å²) < 4.78 is 1.99. The van der Waals surface area contributed by atoms with Gasteiger partial charge in [0.2, 0.25) is 5.91 Å². The van der Waals surface area contributed by atoms with Gasteiger partial charge in [-0.2, -0.15) is 5.10 Å². The van der Waals surface area contributed by atoms with Crippen LogP contribution in [0.4, 0.5) is 0 Å². The second-order valence-electron chi connectivity index (χ2n) is 7.96. The molecule has 1 aliphatic rings. The summed E-state index contributed by atoms with van der Waals surface area (Å²) in [4.78, 5) is 14.7. The van der Waals surface area contributed by atoms with Crippen LogP contribution < -0.4 is 5.32 Å². The molecule has 0 unspecified atom stereocenters. The first-order valence-corrected chi connectivity index (χ1v) is 11.3. The minimum atomic E-state index is 0.124. The van der Waals surface area contributed by atoms with E-state index in [1.54, 1.807) is 0 Å². The van der Waals surface area contributed by atoms with Gasteiger partial charge in [-0.05, 0) is 63.5 Å². The van der Waals surface area contributed by atoms with Crippen molar-refractivity contribution in [1.82, 2.24) is 20.0 Å². The number of benzene rings is 2. The Morgan fingerprint density at radius 1 is 1.03 bits per heavy atom. The highest BCUT2D eigenvalue weighted by Gasteiger charge is 2.13. The van der Waals surface area contributed by atoms with Crippen LogP contribution in [-0.2, 0) is 11.3 Å². The molecule has 1 fully saturated rings. The van der Waals surface area contributed by atoms with E-state index in [0.717, 1.165) is 48.1 Å². The molecule has 4 rings (SSSR count). The summed E-state index contributed by atoms with van der Waals surface area (Å²) in [5, 5.41) is 9.64. The Morgan fingerprint density at radius 3 is 2.63 bits per heavy atom. The molecule has 6 heteroatoms. The van der Waals surface area contributed by atoms with Crippen LogP contribution in [0.15, 0.2) is 48.5 Å². The van der Waals surface area contributed by atoms with Gasteiger partial charge in [0.1, 0.15) is 5.69 Å². The molecule has 5 nitrogen and oxygen atoms in total. The summed E-state index contributed by atoms with van der Waals surface area (Å²) in [6.07, 6.45) is 4.92. The molecule has 3 aromatic rings. The number of aromatic nitrogens is 2. The van der Waals surface area contributed by atoms with Gasteiger partial charge < -0.3 is 10.2 Å². The maximum Gasteiger partial charge on any atom is 0.220 e. The van der Waals surface area contributed by atoms with Gasteiger partial charge in [-0.1, -0.05) is 41.9 Å². The van der Waals surface area contributed by atoms with E-state index in [9.17, 15) is 4.79 Å². The average Bonchev–Trinajstić information content (AvgIpc) is 3.40. The topological polar surface area (TPSA) is 50.2 Å². The summed E-state index contributed by atoms with van der Waals surface area (Å²) in [6, 6.07) is 16.0. The molecule has 2 aromatic carbocycles. The highest BCUT2D eigenvalue weighted by molar-refractivity contribution is 6.31. The number of fused-ring (bicyclic) bond motifs is 1. The van der Waals surface area contributed by atoms with Gasteiger partial charge in [-0.15, -0.1) is 0 Å². The summed E-state index contributed by atoms with van der Waals surface area (Å²) in [5.41, 5.74) is 3.04. The van der Waals surface area contributed by atoms with Crippen molar-refractivity contribution in [2.24, 2.45) is 0 Å². The Kier molecular flexibility index (Phi) is 7.03. The Hall–Kier alpha value is -2.37. The Morgan fingerprint density at radius 2 is 1.83 bits per heavy atom. The average molecular weight is 425 g/mol. The first-order valence-electron chi connectivity index (χ1n) is 10.9. The van der Waals surface area contributed by atoms with Crippen molar-refractivity contribution in [3.05, 3.63) is 53.6 Å². The predicted octanol–water partition coefficient (Wildman–Crippen LogP) is 4.74. The zero-order chi connectivity index (χ0) is 20.8. The lowest BCUT2D eigenvalue weighted by Gasteiger charge is -2.14. The van der Waals surface area contributed by atoms with Crippen molar-refractivity contribution in [3.63, 3.8) is 0 Å². The molecule has 30 heavy (non-hydrogen) atoms. The normalized spacial score (nSPS) is 14.4. The summed E-state index contributed by atoms with van der Waals surface area (Å²) in [6.45, 7) is 4.97. The third kappa shape index (κ3) is 5.21. The monoisotopic (exact) mass is 424 g/mol. The number of likely N-dealkylation sites (tertiary alicyclic amines) is 1. The van der Waals surface area contributed by atoms with Crippen molar-refractivity contribution in [3.8, 4) is 11.3 Å². The fourth-order valence-electron chi connectivity index (χ4n) is 4.15. The van der Waals surface area contributed by atoms with Gasteiger partial charge >= 0.3 is 0 Å². The molecule has 1 aromatic heterocycles. The summed E-state index contributed by atoms with van der Waals surface area (Å²) in [5.74, 6) is 0.124. The SMILES string of the molecule is O=C(CCCn1nc(-c2ccccc2)c2cc(Cl)ccc21)NCCCN1CCCC1. The van der Waals surface area contributed by atoms with Crippen LogP contribution in [0.5, 0.6) is 0 Å². The number of hydrogen-bond acceptors (Lipinski definition) is 3. The first kappa shape index (κ1) is 20.9. The number of carbonyl (C=O) groups excluding carboxylic acids is 1. The third-order valence-electron chi connectivity index (χ3n) is 5.71. The molecule has 0 radical (unpaired) electrons. The number of hydrogen-bond donors (Lipinski definition) is 1. The third-order valence-corrected chi connectivity index (χ3v) is 5.94. The van der Waals surface area contributed by atoms with Gasteiger partial charge in [0.05, 0.1) is 5.52 Å². The Bertz CT molecular complexity index is 980. The van der Waals surface area contributed by atoms with Crippen LogP contribution >= 0.6 is 11.6 Å². The molecule has 0 atom stereocenters. The van der Waals surface area contributed by atoms with Crippen LogP contribution in [-0.4, -0.2) is 46.8 Å². The Labute approximate surface area is 183 Å². The van der Waals surface area contributed by atoms with E-state index < -0.39 is 0 Å². The molecule has 1 aliphatic heterocycles. The highest BCUT2D eigenvalue weighted by atomic mass is 35.5. The molecular weight excluding hydrogens is 396 g/mol. The van der Waals surface area contributed by atoms with Crippen LogP contribution in [0.25, 0.3) is 22.2 Å². The molecule has 0 spiro atoms. The van der Waals surface area contributed by atoms with Crippen molar-refractivity contribution in [2.75, 3.05) is 26.2 Å². The van der Waals surface area contributed by atoms with Gasteiger partial charge in [-0.3, -0.25) is 9.48 Å². The van der Waals surface area contributed by atoms with Crippen molar-refractivity contribution in [2.45, 2.75) is 38.6 Å². The fourth-order valence-corrected chi connectivity index (χ4v) is 4.32. The van der Waals surface area contributed by atoms with Gasteiger partial charge in [0, 0.05) is 35.5 Å². The van der Waals surface area contributed by atoms with Gasteiger partial charge in [0.15, 0.2) is 0 Å². The number of halogens is 1. The molecule has 1 amide bonds. The number of aryl methyl sites for hydroxylation is 1. The van der Waals surface area contributed by atoms with E-state index in [0.29, 0.717) is 18.0 Å². The molecule has 158 valence electrons. The fraction of sp³-hybridized carbons (Fsp3) is 0.417. The van der Waals surface area contributed by atoms with E-state index in [1.165, 1.54) is 25.9 Å². The number of carbonyl (C=O) groups is 1. The maximum absolute atomic E-state index is 12.2. The Balaban J connectivity index is 1.32. The minimum Gasteiger partial charge on any atom is -0.356 e. The molecule has 2 heterocycles. The predicted molar refractivity (Wildman–Crippen MR) is 123 cm³/mol. The van der Waals surface area contributed by atoms with Crippen molar-refractivity contribution < 1.29 is 4.79 Å². The largest absolute Gasteiger partial charge is 0.356 e. The van der Waals surface area contributed by atoms with Crippen LogP contribution in [0.3, 0.4) is 0 Å². The molecule has 1 N–H and O–H groups in total. The maximum atomic E-state index is 12.2. The smallest absolute Gasteiger partial charge is 0.220 e. The standard InChI is InChI=1S/C24H29ClN4O/c25-20-11-12-22-21(18-20)24(19-8-2-1-3-9-19)27-29(22)17-6-10-23(30)26-13-7-16-28-14-4-5-15-28/h1-3,8-9,11-12,18H,4-7,10,13-17H2,(H,26,30). The lowest BCUT2D eigenvalue weighted by molar-refractivity contribution is -0.121. The van der Waals surface area contributed by atoms with Crippen LogP contribution in [0.2, 0.25) is 5.02 Å². The zero-order valence-corrected chi connectivity index (χ0v) is 18.1. The van der Waals surface area contributed by atoms with Crippen LogP contribution in [0, 0.1) is 0 Å². The van der Waals surface area contributed by atoms with E-state index in [1.807, 2.05) is 41.1 Å². The second kappa shape index (κ2) is 10.1. The van der Waals surface area contributed by atoms with Crippen molar-refractivity contribution >= 4 is 28.4 Å². The zero-order valence-electron chi connectivity index (χ0n) is 17.3. The van der Waals surface area contributed by atoms with E-state index >= 15 is 0 Å². The highest BCUT2D eigenvalue weighted by Crippen LogP contribution is 2.30. The van der Waals surface area contributed by atoms with E-state index in [4.69, 9.17) is 16.7 Å². The van der Waals surface area contributed by atoms with Gasteiger partial charge in [-0.25, -0.2) is 0 Å². The lowest BCUT2D eigenvalue weighted by atomic mass is 10.1. The first-order chi connectivity index (χ1) is 14.7. The summed E-state index contributed by atoms with van der Waals surface area (Å²) >= 11 is 6.24. The van der Waals surface area contributed by atoms with Gasteiger partial charge in [0.25, 0.3) is 0 Å². The molecule has 0 aliphatic carbocycles. The number of nitrogens with one attached hydrogen (secondary N) is 1. The van der Waals surface area contributed by atoms with E-state index in [-0.39, 0.29) is 5.91 Å². The number of rotatable bonds is 9. The van der Waals surface area contributed by atoms with Crippen molar-refractivity contribution in [1.29, 1.82) is 0 Å². The van der Waals surface area contributed by atoms with E-state index in [2.05, 4.69) is 22.3 Å². The quantitative estimate of drug-likeness (QED) is 0.505. The second-order valence-corrected chi connectivity index (χ2v) is 8.39. The van der Waals surface area contributed by atoms with Crippen LogP contribution in [0.1, 0.15) is 32.1 Å². The molecule has 0 saturated carbocycles. The summed E-state index contributed by atoms with van der Waals surface area (Å²) in [7, 11) is 0. The lowest BCUT2D eigenvalue weighted by Crippen LogP contribution is -2.28. The molecule has 1 saturated heterocycles. The molecular formula is C24H29ClN4O. The number of amides is 1. The number of nitrogens with zero attached hydrogens (tertiary/aromatic N) is 3.